The van der Waals surface area contributed by atoms with Gasteiger partial charge in [-0.25, -0.2) is 0 Å². The fourth-order valence-electron chi connectivity index (χ4n) is 1.19. The monoisotopic (exact) mass is 211 g/mol. The minimum atomic E-state index is 0.535. The van der Waals surface area contributed by atoms with Gasteiger partial charge >= 0.3 is 0 Å². The number of hydrogen-bond donors (Lipinski definition) is 0. The Bertz CT molecular complexity index is 304. The van der Waals surface area contributed by atoms with E-state index >= 15 is 0 Å². The molecule has 14 heavy (non-hydrogen) atoms. The SMILES string of the molecule is C=CCn1c(CC)nnc1SC(C)C. The quantitative estimate of drug-likeness (QED) is 0.554. The van der Waals surface area contributed by atoms with E-state index in [1.807, 2.05) is 6.08 Å². The van der Waals surface area contributed by atoms with Crippen LogP contribution >= 0.6 is 11.8 Å². The summed E-state index contributed by atoms with van der Waals surface area (Å²) in [4.78, 5) is 0. The van der Waals surface area contributed by atoms with Crippen molar-refractivity contribution in [1.29, 1.82) is 0 Å². The third-order valence-electron chi connectivity index (χ3n) is 1.76. The Morgan fingerprint density at radius 3 is 2.71 bits per heavy atom. The van der Waals surface area contributed by atoms with Crippen molar-refractivity contribution in [2.75, 3.05) is 0 Å². The summed E-state index contributed by atoms with van der Waals surface area (Å²) in [6.45, 7) is 10.9. The molecule has 0 atom stereocenters. The summed E-state index contributed by atoms with van der Waals surface area (Å²) in [6.07, 6.45) is 2.80. The molecule has 0 fully saturated rings. The molecule has 1 aromatic heterocycles. The van der Waals surface area contributed by atoms with Crippen LogP contribution in [-0.4, -0.2) is 20.0 Å². The molecule has 78 valence electrons. The van der Waals surface area contributed by atoms with Crippen molar-refractivity contribution in [3.05, 3.63) is 18.5 Å². The zero-order valence-electron chi connectivity index (χ0n) is 9.03. The van der Waals surface area contributed by atoms with Crippen LogP contribution in [0.4, 0.5) is 0 Å². The lowest BCUT2D eigenvalue weighted by atomic mass is 10.4. The number of nitrogens with zero attached hydrogens (tertiary/aromatic N) is 3. The second-order valence-electron chi connectivity index (χ2n) is 3.32. The number of aromatic nitrogens is 3. The first-order valence-corrected chi connectivity index (χ1v) is 5.76. The highest BCUT2D eigenvalue weighted by molar-refractivity contribution is 7.99. The van der Waals surface area contributed by atoms with Gasteiger partial charge in [0.05, 0.1) is 0 Å². The fourth-order valence-corrected chi connectivity index (χ4v) is 2.01. The number of aryl methyl sites for hydroxylation is 1. The molecule has 3 nitrogen and oxygen atoms in total. The van der Waals surface area contributed by atoms with Gasteiger partial charge in [0.25, 0.3) is 0 Å². The third-order valence-corrected chi connectivity index (χ3v) is 2.75. The summed E-state index contributed by atoms with van der Waals surface area (Å²) in [5, 5.41) is 9.86. The van der Waals surface area contributed by atoms with E-state index in [1.165, 1.54) is 0 Å². The predicted octanol–water partition coefficient (Wildman–Crippen LogP) is 2.53. The normalized spacial score (nSPS) is 10.9. The summed E-state index contributed by atoms with van der Waals surface area (Å²) < 4.78 is 2.12. The highest BCUT2D eigenvalue weighted by Gasteiger charge is 2.10. The van der Waals surface area contributed by atoms with Crippen LogP contribution in [0.1, 0.15) is 26.6 Å². The van der Waals surface area contributed by atoms with Gasteiger partial charge in [-0.2, -0.15) is 0 Å². The first-order valence-electron chi connectivity index (χ1n) is 4.88. The van der Waals surface area contributed by atoms with Crippen molar-refractivity contribution in [2.24, 2.45) is 0 Å². The largest absolute Gasteiger partial charge is 0.302 e. The van der Waals surface area contributed by atoms with E-state index in [9.17, 15) is 0 Å². The van der Waals surface area contributed by atoms with Crippen LogP contribution < -0.4 is 0 Å². The maximum absolute atomic E-state index is 4.17. The average Bonchev–Trinajstić information content (AvgIpc) is 2.48. The second kappa shape index (κ2) is 5.20. The molecule has 1 heterocycles. The van der Waals surface area contributed by atoms with Crippen molar-refractivity contribution in [3.63, 3.8) is 0 Å². The minimum absolute atomic E-state index is 0.535. The molecule has 0 aliphatic carbocycles. The molecule has 0 N–H and O–H groups in total. The standard InChI is InChI=1S/C10H17N3S/c1-5-7-13-9(6-2)11-12-10(13)14-8(3)4/h5,8H,1,6-7H2,2-4H3. The second-order valence-corrected chi connectivity index (χ2v) is 4.86. The predicted molar refractivity (Wildman–Crippen MR) is 60.6 cm³/mol. The maximum Gasteiger partial charge on any atom is 0.191 e. The van der Waals surface area contributed by atoms with Gasteiger partial charge in [0.1, 0.15) is 5.82 Å². The van der Waals surface area contributed by atoms with Crippen LogP contribution in [-0.2, 0) is 13.0 Å². The van der Waals surface area contributed by atoms with Crippen LogP contribution in [0.25, 0.3) is 0 Å². The molecule has 0 amide bonds. The van der Waals surface area contributed by atoms with E-state index in [4.69, 9.17) is 0 Å². The molecule has 0 spiro atoms. The highest BCUT2D eigenvalue weighted by atomic mass is 32.2. The van der Waals surface area contributed by atoms with Crippen molar-refractivity contribution < 1.29 is 0 Å². The number of allylic oxidation sites excluding steroid dienone is 1. The Morgan fingerprint density at radius 1 is 1.50 bits per heavy atom. The van der Waals surface area contributed by atoms with Crippen LogP contribution in [0.2, 0.25) is 0 Å². The van der Waals surface area contributed by atoms with E-state index in [0.717, 1.165) is 23.9 Å². The molecule has 0 unspecified atom stereocenters. The Labute approximate surface area is 89.6 Å². The topological polar surface area (TPSA) is 30.7 Å². The number of rotatable bonds is 5. The van der Waals surface area contributed by atoms with Crippen LogP contribution in [0.5, 0.6) is 0 Å². The highest BCUT2D eigenvalue weighted by Crippen LogP contribution is 2.21. The Hall–Kier alpha value is -0.770. The number of thioether (sulfide) groups is 1. The summed E-state index contributed by atoms with van der Waals surface area (Å²) in [5.41, 5.74) is 0. The lowest BCUT2D eigenvalue weighted by Crippen LogP contribution is -2.03. The zero-order valence-corrected chi connectivity index (χ0v) is 9.84. The zero-order chi connectivity index (χ0) is 10.6. The molecule has 0 aliphatic rings. The molecule has 1 aromatic rings. The Balaban J connectivity index is 2.91. The molecule has 0 bridgehead atoms. The van der Waals surface area contributed by atoms with Gasteiger partial charge in [0.2, 0.25) is 0 Å². The van der Waals surface area contributed by atoms with Crippen LogP contribution in [0, 0.1) is 0 Å². The van der Waals surface area contributed by atoms with Gasteiger partial charge in [0.15, 0.2) is 5.16 Å². The van der Waals surface area contributed by atoms with E-state index in [1.54, 1.807) is 11.8 Å². The molecule has 0 saturated heterocycles. The Morgan fingerprint density at radius 2 is 2.21 bits per heavy atom. The molecule has 1 rings (SSSR count). The van der Waals surface area contributed by atoms with Crippen LogP contribution in [0.3, 0.4) is 0 Å². The molecular formula is C10H17N3S. The number of hydrogen-bond acceptors (Lipinski definition) is 3. The molecule has 0 saturated carbocycles. The molecular weight excluding hydrogens is 194 g/mol. The summed E-state index contributed by atoms with van der Waals surface area (Å²) >= 11 is 1.74. The van der Waals surface area contributed by atoms with E-state index in [-0.39, 0.29) is 0 Å². The average molecular weight is 211 g/mol. The lowest BCUT2D eigenvalue weighted by molar-refractivity contribution is 0.684. The first-order chi connectivity index (χ1) is 6.69. The minimum Gasteiger partial charge on any atom is -0.302 e. The third kappa shape index (κ3) is 2.61. The van der Waals surface area contributed by atoms with Gasteiger partial charge in [-0.05, 0) is 0 Å². The Kier molecular flexibility index (Phi) is 4.20. The van der Waals surface area contributed by atoms with Crippen molar-refractivity contribution in [1.82, 2.24) is 14.8 Å². The van der Waals surface area contributed by atoms with Crippen LogP contribution in [0.15, 0.2) is 17.8 Å². The van der Waals surface area contributed by atoms with E-state index in [2.05, 4.69) is 42.1 Å². The lowest BCUT2D eigenvalue weighted by Gasteiger charge is -2.07. The summed E-state index contributed by atoms with van der Waals surface area (Å²) in [7, 11) is 0. The van der Waals surface area contributed by atoms with E-state index in [0.29, 0.717) is 5.25 Å². The van der Waals surface area contributed by atoms with Gasteiger partial charge in [-0.1, -0.05) is 38.6 Å². The smallest absolute Gasteiger partial charge is 0.191 e. The van der Waals surface area contributed by atoms with Crippen molar-refractivity contribution in [2.45, 2.75) is 44.1 Å². The fraction of sp³-hybridized carbons (Fsp3) is 0.600. The molecule has 4 heteroatoms. The van der Waals surface area contributed by atoms with Gasteiger partial charge < -0.3 is 4.57 Å². The van der Waals surface area contributed by atoms with E-state index < -0.39 is 0 Å². The van der Waals surface area contributed by atoms with Gasteiger partial charge in [0, 0.05) is 18.2 Å². The summed E-state index contributed by atoms with van der Waals surface area (Å²) in [6, 6.07) is 0. The van der Waals surface area contributed by atoms with Crippen molar-refractivity contribution >= 4 is 11.8 Å². The molecule has 0 aromatic carbocycles. The van der Waals surface area contributed by atoms with Gasteiger partial charge in [-0.15, -0.1) is 16.8 Å². The summed E-state index contributed by atoms with van der Waals surface area (Å²) in [5.74, 6) is 1.04. The maximum atomic E-state index is 4.17. The van der Waals surface area contributed by atoms with Crippen molar-refractivity contribution in [3.8, 4) is 0 Å². The first kappa shape index (κ1) is 11.3. The molecule has 0 aliphatic heterocycles. The molecule has 0 radical (unpaired) electrons. The van der Waals surface area contributed by atoms with Gasteiger partial charge in [-0.3, -0.25) is 0 Å².